The van der Waals surface area contributed by atoms with E-state index in [-0.39, 0.29) is 10.7 Å². The Labute approximate surface area is 123 Å². The van der Waals surface area contributed by atoms with E-state index in [4.69, 9.17) is 0 Å². The van der Waals surface area contributed by atoms with Gasteiger partial charge in [0.15, 0.2) is 0 Å². The third kappa shape index (κ3) is 3.77. The van der Waals surface area contributed by atoms with Crippen LogP contribution in [0.25, 0.3) is 0 Å². The quantitative estimate of drug-likeness (QED) is 0.887. The van der Waals surface area contributed by atoms with Gasteiger partial charge in [0.1, 0.15) is 11.6 Å². The molecule has 1 aromatic carbocycles. The third-order valence-electron chi connectivity index (χ3n) is 2.81. The van der Waals surface area contributed by atoms with Gasteiger partial charge in [-0.2, -0.15) is 0 Å². The second-order valence-corrected chi connectivity index (χ2v) is 6.20. The van der Waals surface area contributed by atoms with Crippen LogP contribution in [-0.4, -0.2) is 20.4 Å². The van der Waals surface area contributed by atoms with Crippen molar-refractivity contribution in [2.45, 2.75) is 18.4 Å². The number of benzene rings is 1. The van der Waals surface area contributed by atoms with Gasteiger partial charge in [0.05, 0.1) is 4.90 Å². The highest BCUT2D eigenvalue weighted by Gasteiger charge is 2.19. The lowest BCUT2D eigenvalue weighted by molar-refractivity contribution is 0.592. The maximum absolute atomic E-state index is 13.4. The number of sulfonamides is 1. The van der Waals surface area contributed by atoms with Crippen LogP contribution in [0.15, 0.2) is 41.3 Å². The molecule has 0 aliphatic carbocycles. The Morgan fingerprint density at radius 2 is 2.00 bits per heavy atom. The van der Waals surface area contributed by atoms with Crippen molar-refractivity contribution in [1.29, 1.82) is 0 Å². The van der Waals surface area contributed by atoms with Crippen molar-refractivity contribution in [1.82, 2.24) is 10.3 Å². The molecule has 0 saturated heterocycles. The molecule has 0 bridgehead atoms. The molecule has 5 nitrogen and oxygen atoms in total. The molecule has 0 amide bonds. The van der Waals surface area contributed by atoms with Crippen LogP contribution >= 0.6 is 0 Å². The van der Waals surface area contributed by atoms with Crippen molar-refractivity contribution >= 4 is 15.8 Å². The Morgan fingerprint density at radius 3 is 2.67 bits per heavy atom. The molecule has 0 aliphatic rings. The van der Waals surface area contributed by atoms with Crippen LogP contribution in [-0.2, 0) is 16.6 Å². The topological polar surface area (TPSA) is 71.1 Å². The normalized spacial score (nSPS) is 11.4. The Hall–Kier alpha value is -1.99. The minimum absolute atomic E-state index is 0.0971. The molecule has 7 heteroatoms. The molecule has 0 fully saturated rings. The first-order valence-electron chi connectivity index (χ1n) is 6.32. The van der Waals surface area contributed by atoms with Gasteiger partial charge in [-0.1, -0.05) is 12.1 Å². The number of nitrogens with zero attached hydrogens (tertiary/aromatic N) is 1. The predicted molar refractivity (Wildman–Crippen MR) is 78.9 cm³/mol. The summed E-state index contributed by atoms with van der Waals surface area (Å²) >= 11 is 0. The van der Waals surface area contributed by atoms with Gasteiger partial charge in [-0.3, -0.25) is 4.72 Å². The van der Waals surface area contributed by atoms with E-state index in [9.17, 15) is 12.8 Å². The summed E-state index contributed by atoms with van der Waals surface area (Å²) in [6.07, 6.45) is 0. The van der Waals surface area contributed by atoms with Gasteiger partial charge in [0.2, 0.25) is 0 Å². The molecular weight excluding hydrogens is 293 g/mol. The van der Waals surface area contributed by atoms with E-state index in [2.05, 4.69) is 15.0 Å². The lowest BCUT2D eigenvalue weighted by Gasteiger charge is -2.12. The number of nitrogens with one attached hydrogen (secondary N) is 2. The van der Waals surface area contributed by atoms with Crippen LogP contribution in [0.1, 0.15) is 11.3 Å². The predicted octanol–water partition coefficient (Wildman–Crippen LogP) is 2.05. The van der Waals surface area contributed by atoms with E-state index < -0.39 is 15.8 Å². The van der Waals surface area contributed by atoms with E-state index in [0.717, 1.165) is 6.07 Å². The van der Waals surface area contributed by atoms with E-state index in [1.54, 1.807) is 32.2 Å². The minimum Gasteiger partial charge on any atom is -0.316 e. The number of halogens is 1. The number of aromatic nitrogens is 1. The number of rotatable bonds is 5. The van der Waals surface area contributed by atoms with Crippen molar-refractivity contribution in [2.75, 3.05) is 11.8 Å². The lowest BCUT2D eigenvalue weighted by Crippen LogP contribution is -2.18. The van der Waals surface area contributed by atoms with Gasteiger partial charge in [0.25, 0.3) is 10.0 Å². The Kier molecular flexibility index (Phi) is 4.54. The van der Waals surface area contributed by atoms with E-state index >= 15 is 0 Å². The third-order valence-corrected chi connectivity index (χ3v) is 4.25. The van der Waals surface area contributed by atoms with E-state index in [1.165, 1.54) is 12.1 Å². The largest absolute Gasteiger partial charge is 0.316 e. The van der Waals surface area contributed by atoms with Gasteiger partial charge >= 0.3 is 0 Å². The van der Waals surface area contributed by atoms with Crippen LogP contribution in [0, 0.1) is 12.7 Å². The second-order valence-electron chi connectivity index (χ2n) is 4.55. The van der Waals surface area contributed by atoms with Crippen LogP contribution in [0.5, 0.6) is 0 Å². The Balaban J connectivity index is 2.41. The molecule has 0 aliphatic heterocycles. The standard InChI is InChI=1S/C14H16FN3O2S/c1-10-4-3-5-14(17-10)18-21(19,20)13-8-12(15)7-6-11(13)9-16-2/h3-8,16H,9H2,1-2H3,(H,17,18). The van der Waals surface area contributed by atoms with Crippen molar-refractivity contribution in [2.24, 2.45) is 0 Å². The number of anilines is 1. The first-order chi connectivity index (χ1) is 9.92. The molecule has 0 saturated carbocycles. The zero-order valence-electron chi connectivity index (χ0n) is 11.7. The second kappa shape index (κ2) is 6.19. The summed E-state index contributed by atoms with van der Waals surface area (Å²) < 4.78 is 40.6. The van der Waals surface area contributed by atoms with Gasteiger partial charge in [-0.15, -0.1) is 0 Å². The first-order valence-corrected chi connectivity index (χ1v) is 7.80. The molecule has 1 heterocycles. The zero-order chi connectivity index (χ0) is 15.5. The summed E-state index contributed by atoms with van der Waals surface area (Å²) in [6, 6.07) is 8.68. The average molecular weight is 309 g/mol. The number of aryl methyl sites for hydroxylation is 1. The summed E-state index contributed by atoms with van der Waals surface area (Å²) in [7, 11) is -2.21. The molecule has 1 aromatic heterocycles. The highest BCUT2D eigenvalue weighted by molar-refractivity contribution is 7.92. The summed E-state index contributed by atoms with van der Waals surface area (Å²) in [5.74, 6) is -0.401. The fourth-order valence-corrected chi connectivity index (χ4v) is 3.16. The molecule has 2 aromatic rings. The van der Waals surface area contributed by atoms with Crippen molar-refractivity contribution in [3.8, 4) is 0 Å². The molecule has 0 unspecified atom stereocenters. The Bertz CT molecular complexity index is 748. The minimum atomic E-state index is -3.90. The molecule has 21 heavy (non-hydrogen) atoms. The maximum Gasteiger partial charge on any atom is 0.263 e. The summed E-state index contributed by atoms with van der Waals surface area (Å²) in [6.45, 7) is 2.07. The molecular formula is C14H16FN3O2S. The highest BCUT2D eigenvalue weighted by atomic mass is 32.2. The van der Waals surface area contributed by atoms with Crippen LogP contribution in [0.4, 0.5) is 10.2 Å². The van der Waals surface area contributed by atoms with Crippen LogP contribution in [0.3, 0.4) is 0 Å². The molecule has 0 radical (unpaired) electrons. The van der Waals surface area contributed by atoms with Crippen molar-refractivity contribution < 1.29 is 12.8 Å². The summed E-state index contributed by atoms with van der Waals surface area (Å²) in [5, 5.41) is 2.86. The summed E-state index contributed by atoms with van der Waals surface area (Å²) in [4.78, 5) is 3.99. The highest BCUT2D eigenvalue weighted by Crippen LogP contribution is 2.20. The monoisotopic (exact) mass is 309 g/mol. The smallest absolute Gasteiger partial charge is 0.263 e. The molecule has 0 atom stereocenters. The van der Waals surface area contributed by atoms with Crippen LogP contribution < -0.4 is 10.0 Å². The number of hydrogen-bond donors (Lipinski definition) is 2. The summed E-state index contributed by atoms with van der Waals surface area (Å²) in [5.41, 5.74) is 1.17. The fourth-order valence-electron chi connectivity index (χ4n) is 1.91. The van der Waals surface area contributed by atoms with Crippen molar-refractivity contribution in [3.63, 3.8) is 0 Å². The fraction of sp³-hybridized carbons (Fsp3) is 0.214. The number of pyridine rings is 1. The van der Waals surface area contributed by atoms with Gasteiger partial charge < -0.3 is 5.32 Å². The maximum atomic E-state index is 13.4. The van der Waals surface area contributed by atoms with Gasteiger partial charge in [-0.25, -0.2) is 17.8 Å². The molecule has 0 spiro atoms. The zero-order valence-corrected chi connectivity index (χ0v) is 12.5. The van der Waals surface area contributed by atoms with E-state index in [0.29, 0.717) is 17.8 Å². The van der Waals surface area contributed by atoms with Crippen LogP contribution in [0.2, 0.25) is 0 Å². The lowest BCUT2D eigenvalue weighted by atomic mass is 10.2. The first kappa shape index (κ1) is 15.4. The van der Waals surface area contributed by atoms with Crippen molar-refractivity contribution in [3.05, 3.63) is 53.5 Å². The average Bonchev–Trinajstić information content (AvgIpc) is 2.40. The SMILES string of the molecule is CNCc1ccc(F)cc1S(=O)(=O)Nc1cccc(C)n1. The molecule has 112 valence electrons. The van der Waals surface area contributed by atoms with Gasteiger partial charge in [0, 0.05) is 12.2 Å². The molecule has 2 rings (SSSR count). The van der Waals surface area contributed by atoms with Gasteiger partial charge in [-0.05, 0) is 43.8 Å². The number of hydrogen-bond acceptors (Lipinski definition) is 4. The Morgan fingerprint density at radius 1 is 1.24 bits per heavy atom. The molecule has 2 N–H and O–H groups in total. The van der Waals surface area contributed by atoms with E-state index in [1.807, 2.05) is 0 Å².